The number of halogens is 1. The van der Waals surface area contributed by atoms with Gasteiger partial charge in [0, 0.05) is 12.5 Å². The highest BCUT2D eigenvalue weighted by atomic mass is 19.1. The molecule has 1 unspecified atom stereocenters. The minimum absolute atomic E-state index is 0.171. The highest BCUT2D eigenvalue weighted by Gasteiger charge is 2.16. The van der Waals surface area contributed by atoms with E-state index in [0.29, 0.717) is 0 Å². The molecule has 0 saturated heterocycles. The Kier molecular flexibility index (Phi) is 3.27. The molecule has 0 amide bonds. The maximum absolute atomic E-state index is 13.3. The van der Waals surface area contributed by atoms with E-state index in [-0.39, 0.29) is 24.5 Å². The monoisotopic (exact) mass is 185 g/mol. The van der Waals surface area contributed by atoms with Crippen LogP contribution in [0.1, 0.15) is 17.3 Å². The van der Waals surface area contributed by atoms with Gasteiger partial charge in [0.25, 0.3) is 0 Å². The molecule has 1 aromatic heterocycles. The molecule has 1 rings (SSSR count). The second kappa shape index (κ2) is 4.25. The van der Waals surface area contributed by atoms with Crippen LogP contribution in [-0.4, -0.2) is 28.2 Å². The number of hydrogen-bond acceptors (Lipinski definition) is 4. The maximum atomic E-state index is 13.3. The summed E-state index contributed by atoms with van der Waals surface area (Å²) in [5.74, 6) is -0.923. The van der Waals surface area contributed by atoms with Crippen LogP contribution in [0.25, 0.3) is 0 Å². The molecule has 3 N–H and O–H groups in total. The summed E-state index contributed by atoms with van der Waals surface area (Å²) in [5, 5.41) is 8.89. The first kappa shape index (κ1) is 10.0. The van der Waals surface area contributed by atoms with Crippen molar-refractivity contribution in [3.63, 3.8) is 0 Å². The molecule has 0 aliphatic heterocycles. The second-order valence-corrected chi connectivity index (χ2v) is 2.77. The van der Waals surface area contributed by atoms with Crippen LogP contribution in [0.15, 0.2) is 6.33 Å². The molecule has 1 heterocycles. The third kappa shape index (κ3) is 1.99. The predicted molar refractivity (Wildman–Crippen MR) is 45.6 cm³/mol. The van der Waals surface area contributed by atoms with Crippen molar-refractivity contribution in [2.24, 2.45) is 5.73 Å². The van der Waals surface area contributed by atoms with E-state index in [1.54, 1.807) is 6.92 Å². The molecule has 1 aromatic rings. The average Bonchev–Trinajstić information content (AvgIpc) is 2.14. The Hall–Kier alpha value is -1.07. The molecule has 0 radical (unpaired) electrons. The first-order valence-electron chi connectivity index (χ1n) is 3.98. The number of rotatable bonds is 3. The molecule has 1 atom stereocenters. The van der Waals surface area contributed by atoms with Gasteiger partial charge < -0.3 is 10.8 Å². The molecule has 4 nitrogen and oxygen atoms in total. The van der Waals surface area contributed by atoms with Crippen molar-refractivity contribution in [1.82, 2.24) is 9.97 Å². The lowest BCUT2D eigenvalue weighted by Crippen LogP contribution is -2.19. The maximum Gasteiger partial charge on any atom is 0.166 e. The molecule has 0 aliphatic carbocycles. The summed E-state index contributed by atoms with van der Waals surface area (Å²) in [7, 11) is 0. The van der Waals surface area contributed by atoms with E-state index in [0.717, 1.165) is 0 Å². The molecule has 0 saturated carbocycles. The van der Waals surface area contributed by atoms with Crippen LogP contribution >= 0.6 is 0 Å². The Bertz CT molecular complexity index is 289. The van der Waals surface area contributed by atoms with Gasteiger partial charge in [-0.1, -0.05) is 0 Å². The fourth-order valence-corrected chi connectivity index (χ4v) is 1.03. The number of nitrogens with two attached hydrogens (primary N) is 1. The van der Waals surface area contributed by atoms with E-state index in [2.05, 4.69) is 9.97 Å². The fourth-order valence-electron chi connectivity index (χ4n) is 1.03. The molecular weight excluding hydrogens is 173 g/mol. The Morgan fingerprint density at radius 1 is 1.62 bits per heavy atom. The van der Waals surface area contributed by atoms with Crippen LogP contribution < -0.4 is 5.73 Å². The van der Waals surface area contributed by atoms with E-state index in [4.69, 9.17) is 10.8 Å². The lowest BCUT2D eigenvalue weighted by atomic mass is 10.1. The SMILES string of the molecule is Cc1ncnc(C(CN)CO)c1F. The van der Waals surface area contributed by atoms with E-state index in [9.17, 15) is 4.39 Å². The molecule has 13 heavy (non-hydrogen) atoms. The smallest absolute Gasteiger partial charge is 0.166 e. The van der Waals surface area contributed by atoms with E-state index in [1.807, 2.05) is 0 Å². The number of aliphatic hydroxyl groups is 1. The highest BCUT2D eigenvalue weighted by molar-refractivity contribution is 5.15. The Balaban J connectivity index is 3.05. The van der Waals surface area contributed by atoms with Gasteiger partial charge in [0.15, 0.2) is 5.82 Å². The third-order valence-electron chi connectivity index (χ3n) is 1.88. The normalized spacial score (nSPS) is 12.9. The average molecular weight is 185 g/mol. The highest BCUT2D eigenvalue weighted by Crippen LogP contribution is 2.15. The van der Waals surface area contributed by atoms with Crippen LogP contribution in [0.2, 0.25) is 0 Å². The van der Waals surface area contributed by atoms with Gasteiger partial charge in [-0.2, -0.15) is 0 Å². The summed E-state index contributed by atoms with van der Waals surface area (Å²) in [5.41, 5.74) is 5.81. The van der Waals surface area contributed by atoms with Crippen molar-refractivity contribution < 1.29 is 9.50 Å². The lowest BCUT2D eigenvalue weighted by Gasteiger charge is -2.11. The topological polar surface area (TPSA) is 72.0 Å². The third-order valence-corrected chi connectivity index (χ3v) is 1.88. The zero-order valence-electron chi connectivity index (χ0n) is 7.37. The second-order valence-electron chi connectivity index (χ2n) is 2.77. The van der Waals surface area contributed by atoms with Crippen molar-refractivity contribution in [2.45, 2.75) is 12.8 Å². The molecule has 0 aromatic carbocycles. The Morgan fingerprint density at radius 2 is 2.31 bits per heavy atom. The molecular formula is C8H12FN3O. The summed E-state index contributed by atoms with van der Waals surface area (Å²) >= 11 is 0. The van der Waals surface area contributed by atoms with Crippen LogP contribution in [0.3, 0.4) is 0 Å². The van der Waals surface area contributed by atoms with Crippen molar-refractivity contribution in [3.05, 3.63) is 23.5 Å². The van der Waals surface area contributed by atoms with E-state index in [1.165, 1.54) is 6.33 Å². The van der Waals surface area contributed by atoms with Crippen LogP contribution in [0.4, 0.5) is 4.39 Å². The van der Waals surface area contributed by atoms with E-state index >= 15 is 0 Å². The Morgan fingerprint density at radius 3 is 2.85 bits per heavy atom. The van der Waals surface area contributed by atoms with Crippen LogP contribution in [0.5, 0.6) is 0 Å². The number of hydrogen-bond donors (Lipinski definition) is 2. The zero-order valence-corrected chi connectivity index (χ0v) is 7.37. The molecule has 72 valence electrons. The predicted octanol–water partition coefficient (Wildman–Crippen LogP) is -0.0413. The van der Waals surface area contributed by atoms with Gasteiger partial charge in [0.2, 0.25) is 0 Å². The van der Waals surface area contributed by atoms with Gasteiger partial charge >= 0.3 is 0 Å². The van der Waals surface area contributed by atoms with Gasteiger partial charge in [0.1, 0.15) is 6.33 Å². The Labute approximate surface area is 75.6 Å². The van der Waals surface area contributed by atoms with Gasteiger partial charge in [-0.3, -0.25) is 0 Å². The van der Waals surface area contributed by atoms with Crippen molar-refractivity contribution in [1.29, 1.82) is 0 Å². The summed E-state index contributed by atoms with van der Waals surface area (Å²) in [4.78, 5) is 7.44. The van der Waals surface area contributed by atoms with Gasteiger partial charge in [0.05, 0.1) is 18.0 Å². The summed E-state index contributed by atoms with van der Waals surface area (Å²) in [6, 6.07) is 0. The van der Waals surface area contributed by atoms with Gasteiger partial charge in [-0.15, -0.1) is 0 Å². The molecule has 0 bridgehead atoms. The quantitative estimate of drug-likeness (QED) is 0.693. The molecule has 0 fully saturated rings. The summed E-state index contributed by atoms with van der Waals surface area (Å²) in [6.45, 7) is 1.51. The fraction of sp³-hybridized carbons (Fsp3) is 0.500. The number of nitrogens with zero attached hydrogens (tertiary/aromatic N) is 2. The summed E-state index contributed by atoms with van der Waals surface area (Å²) in [6.07, 6.45) is 1.27. The minimum Gasteiger partial charge on any atom is -0.396 e. The first-order chi connectivity index (χ1) is 6.20. The van der Waals surface area contributed by atoms with Crippen molar-refractivity contribution in [2.75, 3.05) is 13.2 Å². The molecule has 0 aliphatic rings. The molecule has 0 spiro atoms. The van der Waals surface area contributed by atoms with Crippen LogP contribution in [-0.2, 0) is 0 Å². The first-order valence-corrected chi connectivity index (χ1v) is 3.98. The van der Waals surface area contributed by atoms with Crippen molar-refractivity contribution in [3.8, 4) is 0 Å². The van der Waals surface area contributed by atoms with E-state index < -0.39 is 11.7 Å². The van der Waals surface area contributed by atoms with Crippen LogP contribution in [0, 0.1) is 12.7 Å². The van der Waals surface area contributed by atoms with Gasteiger partial charge in [-0.25, -0.2) is 14.4 Å². The van der Waals surface area contributed by atoms with Gasteiger partial charge in [-0.05, 0) is 6.92 Å². The number of aliphatic hydroxyl groups excluding tert-OH is 1. The summed E-state index contributed by atoms with van der Waals surface area (Å²) < 4.78 is 13.3. The standard InChI is InChI=1S/C8H12FN3O/c1-5-7(9)8(12-4-11-5)6(2-10)3-13/h4,6,13H,2-3,10H2,1H3. The number of aryl methyl sites for hydroxylation is 1. The number of aromatic nitrogens is 2. The largest absolute Gasteiger partial charge is 0.396 e. The minimum atomic E-state index is -0.480. The van der Waals surface area contributed by atoms with Crippen molar-refractivity contribution >= 4 is 0 Å². The molecule has 5 heteroatoms. The zero-order chi connectivity index (χ0) is 9.84. The lowest BCUT2D eigenvalue weighted by molar-refractivity contribution is 0.262.